The van der Waals surface area contributed by atoms with E-state index in [1.165, 1.54) is 18.4 Å². The summed E-state index contributed by atoms with van der Waals surface area (Å²) in [5, 5.41) is 10.7. The quantitative estimate of drug-likeness (QED) is 0.802. The zero-order valence-corrected chi connectivity index (χ0v) is 8.14. The Balaban J connectivity index is 1.95. The van der Waals surface area contributed by atoms with Gasteiger partial charge in [-0.2, -0.15) is 0 Å². The molecule has 0 spiro atoms. The van der Waals surface area contributed by atoms with Crippen LogP contribution in [0.4, 0.5) is 0 Å². The van der Waals surface area contributed by atoms with E-state index in [1.54, 1.807) is 11.3 Å². The monoisotopic (exact) mass is 196 g/mol. The molecule has 70 valence electrons. The number of thiophene rings is 1. The molecule has 0 unspecified atom stereocenters. The van der Waals surface area contributed by atoms with Crippen molar-refractivity contribution >= 4 is 17.3 Å². The van der Waals surface area contributed by atoms with Gasteiger partial charge in [0.25, 0.3) is 0 Å². The topological polar surface area (TPSA) is 37.3 Å². The van der Waals surface area contributed by atoms with Gasteiger partial charge in [0.1, 0.15) is 0 Å². The summed E-state index contributed by atoms with van der Waals surface area (Å²) in [7, 11) is 0. The number of carboxylic acid groups (broad SMARTS) is 1. The second-order valence-corrected chi connectivity index (χ2v) is 4.64. The van der Waals surface area contributed by atoms with E-state index in [9.17, 15) is 4.79 Å². The minimum absolute atomic E-state index is 0.176. The summed E-state index contributed by atoms with van der Waals surface area (Å²) in [6.45, 7) is 0. The van der Waals surface area contributed by atoms with Crippen LogP contribution < -0.4 is 0 Å². The Hall–Kier alpha value is -0.830. The molecule has 0 amide bonds. The van der Waals surface area contributed by atoms with E-state index < -0.39 is 5.97 Å². The fraction of sp³-hybridized carbons (Fsp3) is 0.500. The van der Waals surface area contributed by atoms with Crippen LogP contribution in [0.1, 0.15) is 23.3 Å². The van der Waals surface area contributed by atoms with Crippen LogP contribution in [0.25, 0.3) is 0 Å². The van der Waals surface area contributed by atoms with Crippen molar-refractivity contribution in [3.8, 4) is 0 Å². The van der Waals surface area contributed by atoms with Gasteiger partial charge in [-0.1, -0.05) is 0 Å². The van der Waals surface area contributed by atoms with Crippen molar-refractivity contribution in [2.75, 3.05) is 0 Å². The first-order valence-corrected chi connectivity index (χ1v) is 5.40. The van der Waals surface area contributed by atoms with Gasteiger partial charge in [0.15, 0.2) is 0 Å². The second-order valence-electron chi connectivity index (χ2n) is 3.64. The maximum atomic E-state index is 10.4. The molecule has 13 heavy (non-hydrogen) atoms. The normalized spacial score (nSPS) is 16.0. The van der Waals surface area contributed by atoms with Crippen LogP contribution in [0.15, 0.2) is 11.4 Å². The van der Waals surface area contributed by atoms with Gasteiger partial charge in [-0.15, -0.1) is 11.3 Å². The Morgan fingerprint density at radius 3 is 3.00 bits per heavy atom. The molecule has 0 aliphatic heterocycles. The number of aliphatic carboxylic acids is 1. The molecular weight excluding hydrogens is 184 g/mol. The van der Waals surface area contributed by atoms with Crippen LogP contribution in [0.3, 0.4) is 0 Å². The molecule has 1 aliphatic carbocycles. The first-order valence-electron chi connectivity index (χ1n) is 4.52. The van der Waals surface area contributed by atoms with Gasteiger partial charge in [-0.25, -0.2) is 0 Å². The summed E-state index contributed by atoms with van der Waals surface area (Å²) >= 11 is 1.57. The molecular formula is C10H12O2S. The Labute approximate surface area is 81.2 Å². The van der Waals surface area contributed by atoms with Crippen LogP contribution >= 0.6 is 11.3 Å². The number of carboxylic acids is 1. The maximum Gasteiger partial charge on any atom is 0.308 e. The standard InChI is InChI=1S/C10H12O2S/c11-10(12)5-9-4-8(6-13-9)3-7-1-2-7/h4,6-7H,1-3,5H2,(H,11,12). The average Bonchev–Trinajstić information content (AvgIpc) is 2.73. The zero-order chi connectivity index (χ0) is 9.26. The third-order valence-electron chi connectivity index (χ3n) is 2.25. The van der Waals surface area contributed by atoms with E-state index in [0.717, 1.165) is 17.2 Å². The van der Waals surface area contributed by atoms with Crippen LogP contribution in [0.5, 0.6) is 0 Å². The molecule has 1 aromatic heterocycles. The fourth-order valence-corrected chi connectivity index (χ4v) is 2.32. The van der Waals surface area contributed by atoms with Crippen LogP contribution in [-0.2, 0) is 17.6 Å². The van der Waals surface area contributed by atoms with Crippen LogP contribution in [0, 0.1) is 5.92 Å². The summed E-state index contributed by atoms with van der Waals surface area (Å²) in [5.74, 6) is 0.145. The highest BCUT2D eigenvalue weighted by Gasteiger charge is 2.21. The van der Waals surface area contributed by atoms with Gasteiger partial charge in [-0.3, -0.25) is 4.79 Å². The molecule has 1 fully saturated rings. The predicted octanol–water partition coefficient (Wildman–Crippen LogP) is 2.33. The van der Waals surface area contributed by atoms with Crippen molar-refractivity contribution < 1.29 is 9.90 Å². The third kappa shape index (κ3) is 2.56. The van der Waals surface area contributed by atoms with Crippen LogP contribution in [-0.4, -0.2) is 11.1 Å². The molecule has 2 nitrogen and oxygen atoms in total. The Morgan fingerprint density at radius 1 is 1.62 bits per heavy atom. The van der Waals surface area contributed by atoms with Crippen molar-refractivity contribution in [2.45, 2.75) is 25.7 Å². The first-order chi connectivity index (χ1) is 6.24. The molecule has 1 N–H and O–H groups in total. The lowest BCUT2D eigenvalue weighted by Crippen LogP contribution is -1.97. The summed E-state index contributed by atoms with van der Waals surface area (Å²) in [6, 6.07) is 2.04. The fourth-order valence-electron chi connectivity index (χ4n) is 1.43. The summed E-state index contributed by atoms with van der Waals surface area (Å²) in [4.78, 5) is 11.4. The molecule has 1 heterocycles. The van der Waals surface area contributed by atoms with Gasteiger partial charge in [0.2, 0.25) is 0 Å². The maximum absolute atomic E-state index is 10.4. The van der Waals surface area contributed by atoms with E-state index in [-0.39, 0.29) is 6.42 Å². The lowest BCUT2D eigenvalue weighted by Gasteiger charge is -1.91. The Morgan fingerprint density at radius 2 is 2.38 bits per heavy atom. The zero-order valence-electron chi connectivity index (χ0n) is 7.32. The van der Waals surface area contributed by atoms with Gasteiger partial charge in [-0.05, 0) is 42.2 Å². The molecule has 0 radical (unpaired) electrons. The van der Waals surface area contributed by atoms with E-state index in [0.29, 0.717) is 0 Å². The van der Waals surface area contributed by atoms with Gasteiger partial charge < -0.3 is 5.11 Å². The molecule has 2 rings (SSSR count). The van der Waals surface area contributed by atoms with Crippen LogP contribution in [0.2, 0.25) is 0 Å². The minimum Gasteiger partial charge on any atom is -0.481 e. The van der Waals surface area contributed by atoms with Gasteiger partial charge in [0, 0.05) is 4.88 Å². The summed E-state index contributed by atoms with van der Waals surface area (Å²) in [6.07, 6.45) is 4.03. The van der Waals surface area contributed by atoms with Gasteiger partial charge in [0.05, 0.1) is 6.42 Å². The first kappa shape index (κ1) is 8.75. The second kappa shape index (κ2) is 3.50. The van der Waals surface area contributed by atoms with Crippen molar-refractivity contribution in [3.63, 3.8) is 0 Å². The lowest BCUT2D eigenvalue weighted by molar-refractivity contribution is -0.136. The average molecular weight is 196 g/mol. The summed E-state index contributed by atoms with van der Waals surface area (Å²) in [5.41, 5.74) is 1.32. The molecule has 0 saturated heterocycles. The molecule has 3 heteroatoms. The molecule has 0 bridgehead atoms. The Bertz CT molecular complexity index is 312. The smallest absolute Gasteiger partial charge is 0.308 e. The van der Waals surface area contributed by atoms with E-state index >= 15 is 0 Å². The molecule has 1 aromatic rings. The van der Waals surface area contributed by atoms with Crippen molar-refractivity contribution in [1.82, 2.24) is 0 Å². The lowest BCUT2D eigenvalue weighted by atomic mass is 10.1. The van der Waals surface area contributed by atoms with Crippen molar-refractivity contribution in [2.24, 2.45) is 5.92 Å². The molecule has 1 aliphatic rings. The predicted molar refractivity (Wildman–Crippen MR) is 52.1 cm³/mol. The highest BCUT2D eigenvalue weighted by molar-refractivity contribution is 7.10. The minimum atomic E-state index is -0.736. The van der Waals surface area contributed by atoms with Gasteiger partial charge >= 0.3 is 5.97 Å². The number of hydrogen-bond donors (Lipinski definition) is 1. The number of rotatable bonds is 4. The highest BCUT2D eigenvalue weighted by atomic mass is 32.1. The largest absolute Gasteiger partial charge is 0.481 e. The molecule has 1 saturated carbocycles. The van der Waals surface area contributed by atoms with E-state index in [1.807, 2.05) is 6.07 Å². The highest BCUT2D eigenvalue weighted by Crippen LogP contribution is 2.33. The van der Waals surface area contributed by atoms with Crippen molar-refractivity contribution in [1.29, 1.82) is 0 Å². The van der Waals surface area contributed by atoms with E-state index in [4.69, 9.17) is 5.11 Å². The Kier molecular flexibility index (Phi) is 2.36. The summed E-state index contributed by atoms with van der Waals surface area (Å²) < 4.78 is 0. The molecule has 0 aromatic carbocycles. The van der Waals surface area contributed by atoms with Crippen molar-refractivity contribution in [3.05, 3.63) is 21.9 Å². The molecule has 0 atom stereocenters. The number of carbonyl (C=O) groups is 1. The SMILES string of the molecule is O=C(O)Cc1cc(CC2CC2)cs1. The third-order valence-corrected chi connectivity index (χ3v) is 3.24. The van der Waals surface area contributed by atoms with E-state index in [2.05, 4.69) is 5.38 Å². The number of hydrogen-bond acceptors (Lipinski definition) is 2.